The number of rotatable bonds is 12. The van der Waals surface area contributed by atoms with Gasteiger partial charge in [0, 0.05) is 49.2 Å². The Morgan fingerprint density at radius 3 is 0.979 bits per heavy atom. The number of hydrogen-bond donors (Lipinski definition) is 15. The number of aliphatic hydroxyl groups excluding tert-OH is 10. The lowest BCUT2D eigenvalue weighted by atomic mass is 9.98. The van der Waals surface area contributed by atoms with E-state index in [1.165, 1.54) is 68.6 Å². The highest BCUT2D eigenvalue weighted by molar-refractivity contribution is 6.23. The molecule has 0 aromatic rings. The summed E-state index contributed by atoms with van der Waals surface area (Å²) in [6.07, 6.45) is 17.6. The van der Waals surface area contributed by atoms with Gasteiger partial charge in [-0.1, -0.05) is 56.9 Å². The second-order valence-corrected chi connectivity index (χ2v) is 24.0. The number of nitrogens with one attached hydrogen (secondary N) is 3. The number of halogens is 5. The molecule has 514 valence electrons. The fraction of sp³-hybridized carbons (Fsp3) is 0.424. The van der Waals surface area contributed by atoms with Gasteiger partial charge in [-0.25, -0.2) is 9.98 Å². The van der Waals surface area contributed by atoms with Gasteiger partial charge < -0.3 is 127 Å². The van der Waals surface area contributed by atoms with Gasteiger partial charge in [0.25, 0.3) is 17.7 Å². The van der Waals surface area contributed by atoms with E-state index in [0.717, 1.165) is 0 Å². The fourth-order valence-corrected chi connectivity index (χ4v) is 12.0. The third-order valence-electron chi connectivity index (χ3n) is 15.7. The van der Waals surface area contributed by atoms with Gasteiger partial charge in [0.15, 0.2) is 42.3 Å². The number of nitrogens with two attached hydrogens (primary N) is 2. The van der Waals surface area contributed by atoms with Crippen LogP contribution in [0.5, 0.6) is 0 Å². The lowest BCUT2D eigenvalue weighted by Crippen LogP contribution is -2.44. The van der Waals surface area contributed by atoms with Crippen molar-refractivity contribution in [2.24, 2.45) is 21.5 Å². The van der Waals surface area contributed by atoms with Crippen molar-refractivity contribution in [2.75, 3.05) is 33.0 Å². The van der Waals surface area contributed by atoms with Crippen LogP contribution in [0.4, 0.5) is 0 Å². The van der Waals surface area contributed by atoms with E-state index in [1.54, 1.807) is 35.5 Å². The van der Waals surface area contributed by atoms with Gasteiger partial charge in [-0.15, -0.1) is 84.0 Å². The summed E-state index contributed by atoms with van der Waals surface area (Å²) in [7, 11) is 0. The van der Waals surface area contributed by atoms with E-state index in [1.807, 2.05) is 0 Å². The third kappa shape index (κ3) is 15.1. The predicted octanol–water partition coefficient (Wildman–Crippen LogP) is -3.06. The molecule has 20 atom stereocenters. The van der Waals surface area contributed by atoms with Crippen molar-refractivity contribution in [3.05, 3.63) is 149 Å². The van der Waals surface area contributed by atoms with E-state index in [2.05, 4.69) is 83.8 Å². The van der Waals surface area contributed by atoms with Crippen molar-refractivity contribution >= 4 is 87.4 Å². The highest BCUT2D eigenvalue weighted by Crippen LogP contribution is 2.43. The lowest BCUT2D eigenvalue weighted by molar-refractivity contribution is -0.120. The quantitative estimate of drug-likeness (QED) is 0.0524. The number of hydrogen-bond acceptors (Lipinski definition) is 28. The number of amidine groups is 2. The van der Waals surface area contributed by atoms with Gasteiger partial charge in [0.1, 0.15) is 115 Å². The number of aliphatic imine (C=N–C) groups is 2. The Bertz CT molecular complexity index is 3300. The lowest BCUT2D eigenvalue weighted by Gasteiger charge is -2.33. The van der Waals surface area contributed by atoms with E-state index in [-0.39, 0.29) is 35.2 Å². The van der Waals surface area contributed by atoms with E-state index in [0.29, 0.717) is 23.3 Å². The molecule has 3 amide bonds. The standard InChI is InChI=1S/C12H16ClN3O3.C12H14ClN3O3.C12H15ClN2O4.C12H13ClN2O4.C11H12ClN3O4/c2*1-3-12(6-17)10(18)9(13)11(19-12)16-5-4-8(14)15-7(16)2;2*1-3-12(6-16)10(18)9(13)11(19-12)15-5-4-8(17)14-7(15)2;1-6-14-7(17)2-3-15(6)10-8(12)9(18)11(4-13,5-16)19-10/h3-5,9-11,17-18H,1-2,6H2,(H2,14,15);1,4-5,9-11,17-18H,2,6H2,(H2,14,15);3-5,9-11,16,18H,1-2,6H2,(H,14,17);1,4-5,9-11,16,18H,2,6H2,(H,14,17);2-3,8-10,16,18H,1,5H2,(H,14,17)/t4*9-,10+,11-,12-;8-,9+,10-,11-/m11111/s1. The van der Waals surface area contributed by atoms with Crippen molar-refractivity contribution in [1.29, 1.82) is 5.26 Å². The Kier molecular flexibility index (Phi) is 25.2. The average Bonchev–Trinajstić information content (AvgIpc) is 1.66. The molecule has 5 fully saturated rings. The topological polar surface area (TPSA) is 453 Å². The van der Waals surface area contributed by atoms with Crippen molar-refractivity contribution in [2.45, 2.75) is 117 Å². The monoisotopic (exact) mass is 1420 g/mol. The molecule has 10 heterocycles. The highest BCUT2D eigenvalue weighted by atomic mass is 35.5. The van der Waals surface area contributed by atoms with Gasteiger partial charge in [-0.2, -0.15) is 5.26 Å². The van der Waals surface area contributed by atoms with Crippen LogP contribution in [-0.2, 0) is 38.1 Å². The number of ether oxygens (including phenoxy) is 5. The van der Waals surface area contributed by atoms with Gasteiger partial charge >= 0.3 is 0 Å². The smallest absolute Gasteiger partial charge is 0.250 e. The van der Waals surface area contributed by atoms with Gasteiger partial charge in [-0.05, 0) is 12.2 Å². The van der Waals surface area contributed by atoms with Crippen LogP contribution in [0.3, 0.4) is 0 Å². The molecule has 36 heteroatoms. The molecule has 10 rings (SSSR count). The molecule has 0 radical (unpaired) electrons. The first-order valence-corrected chi connectivity index (χ1v) is 30.0. The summed E-state index contributed by atoms with van der Waals surface area (Å²) in [6.45, 7) is 22.9. The molecule has 0 saturated carbocycles. The van der Waals surface area contributed by atoms with Crippen molar-refractivity contribution in [3.8, 4) is 30.8 Å². The van der Waals surface area contributed by atoms with Crippen molar-refractivity contribution in [1.82, 2.24) is 40.4 Å². The summed E-state index contributed by atoms with van der Waals surface area (Å²) in [5.41, 5.74) is 3.59. The minimum atomic E-state index is -1.79. The molecule has 0 bridgehead atoms. The second-order valence-electron chi connectivity index (χ2n) is 21.5. The predicted molar refractivity (Wildman–Crippen MR) is 344 cm³/mol. The summed E-state index contributed by atoms with van der Waals surface area (Å²) < 4.78 is 27.8. The average molecular weight is 1430 g/mol. The fourth-order valence-electron chi connectivity index (χ4n) is 10.1. The van der Waals surface area contributed by atoms with Crippen molar-refractivity contribution in [3.63, 3.8) is 0 Å². The number of nitriles is 1. The Hall–Kier alpha value is -7.31. The van der Waals surface area contributed by atoms with Crippen LogP contribution in [0.25, 0.3) is 0 Å². The van der Waals surface area contributed by atoms with Gasteiger partial charge in [-0.3, -0.25) is 14.4 Å². The maximum atomic E-state index is 11.2. The molecular formula is C59H70Cl5N13O18. The molecule has 10 aliphatic heterocycles. The summed E-state index contributed by atoms with van der Waals surface area (Å²) in [4.78, 5) is 48.8. The maximum absolute atomic E-state index is 11.2. The maximum Gasteiger partial charge on any atom is 0.250 e. The number of aliphatic hydroxyl groups is 10. The number of carbonyl (C=O) groups excluding carboxylic acids is 3. The second kappa shape index (κ2) is 31.3. The van der Waals surface area contributed by atoms with Crippen LogP contribution in [0.15, 0.2) is 159 Å². The summed E-state index contributed by atoms with van der Waals surface area (Å²) >= 11 is 30.6. The Balaban J connectivity index is 0.000000188. The summed E-state index contributed by atoms with van der Waals surface area (Å²) in [5, 5.41) is 109. The Labute approximate surface area is 569 Å². The van der Waals surface area contributed by atoms with E-state index in [9.17, 15) is 65.4 Å². The Morgan fingerprint density at radius 1 is 0.484 bits per heavy atom. The van der Waals surface area contributed by atoms with Crippen LogP contribution >= 0.6 is 58.0 Å². The minimum Gasteiger partial charge on any atom is -0.393 e. The van der Waals surface area contributed by atoms with Gasteiger partial charge in [0.05, 0.1) is 33.0 Å². The van der Waals surface area contributed by atoms with Crippen LogP contribution < -0.4 is 27.4 Å². The van der Waals surface area contributed by atoms with Gasteiger partial charge in [0.2, 0.25) is 5.60 Å². The molecule has 0 aliphatic carbocycles. The van der Waals surface area contributed by atoms with E-state index in [4.69, 9.17) is 111 Å². The highest BCUT2D eigenvalue weighted by Gasteiger charge is 2.60. The normalized spacial score (nSPS) is 38.3. The van der Waals surface area contributed by atoms with E-state index >= 15 is 0 Å². The first kappa shape index (κ1) is 76.7. The van der Waals surface area contributed by atoms with Crippen LogP contribution in [-0.4, -0.2) is 255 Å². The van der Waals surface area contributed by atoms with Crippen LogP contribution in [0.2, 0.25) is 0 Å². The number of alkyl halides is 5. The number of nitrogens with zero attached hydrogens (tertiary/aromatic N) is 8. The zero-order chi connectivity index (χ0) is 71.0. The first-order chi connectivity index (χ1) is 44.7. The molecule has 17 N–H and O–H groups in total. The molecule has 5 saturated heterocycles. The largest absolute Gasteiger partial charge is 0.393 e. The summed E-state index contributed by atoms with van der Waals surface area (Å²) in [6, 6.07) is 1.73. The molecular weight excluding hydrogens is 1360 g/mol. The molecule has 0 aromatic heterocycles. The Morgan fingerprint density at radius 2 is 0.747 bits per heavy atom. The summed E-state index contributed by atoms with van der Waals surface area (Å²) in [5.74, 6) is 5.54. The molecule has 0 unspecified atom stereocenters. The molecule has 95 heavy (non-hydrogen) atoms. The van der Waals surface area contributed by atoms with Crippen LogP contribution in [0.1, 0.15) is 0 Å². The number of amides is 3. The number of carbonyl (C=O) groups is 3. The molecule has 0 spiro atoms. The molecule has 10 aliphatic rings. The number of terminal acetylenes is 2. The zero-order valence-corrected chi connectivity index (χ0v) is 53.9. The molecule has 31 nitrogen and oxygen atoms in total. The zero-order valence-electron chi connectivity index (χ0n) is 50.1. The first-order valence-electron chi connectivity index (χ1n) is 27.8. The third-order valence-corrected chi connectivity index (χ3v) is 18.0. The SMILES string of the molecule is C#C[C@]1(CO)O[C@@H](N2C=CC(=O)NC2=C)[C@H](Cl)[C@@H]1O.C#C[C@]1(CO)O[C@@H](N2C=CC(N)=NC2=C)[C@H](Cl)[C@@H]1O.C=C1NC(=O)C=CN1[C@@H]1O[C@](C#N)(CO)[C@@H](O)[C@H]1Cl.C=C[C@]1(CO)O[C@@H](N2C=CC(=O)NC2=C)[C@H](Cl)[C@@H]1O.C=C[C@]1(CO)O[C@@H](N2C=CC(N)=NC2=C)[C@H](Cl)[C@@H]1O. The minimum absolute atomic E-state index is 0.210. The van der Waals surface area contributed by atoms with E-state index < -0.39 is 150 Å². The van der Waals surface area contributed by atoms with Crippen molar-refractivity contribution < 1.29 is 89.1 Å². The van der Waals surface area contributed by atoms with Crippen LogP contribution in [0, 0.1) is 36.0 Å². The molecule has 0 aromatic carbocycles.